The minimum absolute atomic E-state index is 0.00272. The predicted molar refractivity (Wildman–Crippen MR) is 193 cm³/mol. The molecule has 2 amide bonds. The van der Waals surface area contributed by atoms with Crippen molar-refractivity contribution in [1.29, 1.82) is 0 Å². The molecule has 4 atom stereocenters. The molecule has 9 heteroatoms. The van der Waals surface area contributed by atoms with Crippen LogP contribution in [0.1, 0.15) is 91.7 Å². The first-order valence-electron chi connectivity index (χ1n) is 17.5. The number of nitrogens with zero attached hydrogens (tertiary/aromatic N) is 1. The van der Waals surface area contributed by atoms with Crippen molar-refractivity contribution in [2.24, 2.45) is 0 Å². The minimum atomic E-state index is -0.542. The molecule has 1 fully saturated rings. The summed E-state index contributed by atoms with van der Waals surface area (Å²) in [6.07, 6.45) is 2.65. The largest absolute Gasteiger partial charge is 0.392 e. The number of aliphatic hydroxyl groups is 1. The maximum Gasteiger partial charge on any atom is 0.243 e. The second-order valence-corrected chi connectivity index (χ2v) is 13.1. The number of unbranched alkanes of at least 4 members (excludes halogenated alkanes) is 2. The molecule has 4 aromatic rings. The Balaban J connectivity index is 1.22. The van der Waals surface area contributed by atoms with Gasteiger partial charge in [-0.2, -0.15) is 0 Å². The summed E-state index contributed by atoms with van der Waals surface area (Å²) in [7, 11) is 2.13. The van der Waals surface area contributed by atoms with Crippen LogP contribution in [0.25, 0.3) is 11.1 Å². The van der Waals surface area contributed by atoms with E-state index in [1.54, 1.807) is 5.48 Å². The van der Waals surface area contributed by atoms with E-state index in [2.05, 4.69) is 84.9 Å². The molecule has 1 aliphatic rings. The number of nitrogens with one attached hydrogen (secondary N) is 2. The molecule has 0 aromatic heterocycles. The Labute approximate surface area is 295 Å². The second-order valence-electron chi connectivity index (χ2n) is 13.1. The zero-order valence-corrected chi connectivity index (χ0v) is 29.0. The van der Waals surface area contributed by atoms with E-state index in [-0.39, 0.29) is 37.2 Å². The number of benzene rings is 4. The van der Waals surface area contributed by atoms with Crippen molar-refractivity contribution in [2.75, 3.05) is 13.6 Å². The first kappa shape index (κ1) is 36.9. The van der Waals surface area contributed by atoms with Crippen LogP contribution in [-0.2, 0) is 32.2 Å². The Bertz CT molecular complexity index is 1650. The summed E-state index contributed by atoms with van der Waals surface area (Å²) in [4.78, 5) is 25.8. The van der Waals surface area contributed by atoms with Gasteiger partial charge in [-0.1, -0.05) is 103 Å². The summed E-state index contributed by atoms with van der Waals surface area (Å²) >= 11 is 0. The molecule has 4 aromatic carbocycles. The highest BCUT2D eigenvalue weighted by Gasteiger charge is 2.33. The van der Waals surface area contributed by atoms with Gasteiger partial charge in [-0.15, -0.1) is 0 Å². The van der Waals surface area contributed by atoms with Gasteiger partial charge in [0.15, 0.2) is 6.29 Å². The van der Waals surface area contributed by atoms with Gasteiger partial charge < -0.3 is 19.9 Å². The van der Waals surface area contributed by atoms with E-state index in [4.69, 9.17) is 14.7 Å². The number of carbonyl (C=O) groups is 2. The lowest BCUT2D eigenvalue weighted by atomic mass is 9.98. The third kappa shape index (κ3) is 10.6. The lowest BCUT2D eigenvalue weighted by Gasteiger charge is -2.39. The molecule has 1 heterocycles. The molecule has 4 N–H and O–H groups in total. The number of hydroxylamine groups is 1. The zero-order valence-electron chi connectivity index (χ0n) is 29.0. The summed E-state index contributed by atoms with van der Waals surface area (Å²) in [5.74, 6) is -0.433. The summed E-state index contributed by atoms with van der Waals surface area (Å²) in [5.41, 5.74) is 8.86. The van der Waals surface area contributed by atoms with Crippen LogP contribution in [0.5, 0.6) is 0 Å². The van der Waals surface area contributed by atoms with Gasteiger partial charge in [0.2, 0.25) is 11.8 Å². The van der Waals surface area contributed by atoms with Gasteiger partial charge in [0, 0.05) is 44.0 Å². The van der Waals surface area contributed by atoms with Crippen LogP contribution in [0.4, 0.5) is 0 Å². The van der Waals surface area contributed by atoms with Crippen molar-refractivity contribution in [3.8, 4) is 11.1 Å². The average Bonchev–Trinajstić information content (AvgIpc) is 3.17. The van der Waals surface area contributed by atoms with Gasteiger partial charge in [0.25, 0.3) is 0 Å². The SMILES string of the molecule is CC(c1ccccc1)N(C)CC1CC(c2ccc(CO)cc2)OC(c2ccc(-c3cccc(CNC(=O)CCCCCC(=O)NO)c3)cc2)O1. The lowest BCUT2D eigenvalue weighted by Crippen LogP contribution is -2.38. The van der Waals surface area contributed by atoms with Crippen LogP contribution in [-0.4, -0.2) is 46.7 Å². The van der Waals surface area contributed by atoms with Gasteiger partial charge in [-0.3, -0.25) is 19.7 Å². The summed E-state index contributed by atoms with van der Waals surface area (Å²) in [6, 6.07) is 35.1. The molecule has 9 nitrogen and oxygen atoms in total. The van der Waals surface area contributed by atoms with Crippen molar-refractivity contribution in [3.05, 3.63) is 131 Å². The van der Waals surface area contributed by atoms with Crippen LogP contribution in [0, 0.1) is 0 Å². The summed E-state index contributed by atoms with van der Waals surface area (Å²) in [6.45, 7) is 3.39. The number of likely N-dealkylation sites (N-methyl/N-ethyl adjacent to an activating group) is 1. The molecule has 0 radical (unpaired) electrons. The Hall–Kier alpha value is -4.38. The Morgan fingerprint density at radius 3 is 2.20 bits per heavy atom. The Morgan fingerprint density at radius 2 is 1.50 bits per heavy atom. The van der Waals surface area contributed by atoms with E-state index in [0.717, 1.165) is 46.3 Å². The maximum absolute atomic E-state index is 12.4. The molecule has 1 saturated heterocycles. The molecule has 264 valence electrons. The molecule has 0 saturated carbocycles. The van der Waals surface area contributed by atoms with Crippen molar-refractivity contribution in [1.82, 2.24) is 15.7 Å². The second kappa shape index (κ2) is 18.6. The molecule has 4 unspecified atom stereocenters. The monoisotopic (exact) mass is 679 g/mol. The molecule has 0 aliphatic carbocycles. The highest BCUT2D eigenvalue weighted by molar-refractivity contribution is 5.76. The van der Waals surface area contributed by atoms with E-state index < -0.39 is 12.2 Å². The van der Waals surface area contributed by atoms with E-state index in [1.807, 2.05) is 42.5 Å². The van der Waals surface area contributed by atoms with E-state index in [1.165, 1.54) is 5.56 Å². The normalized spacial score (nSPS) is 18.1. The zero-order chi connectivity index (χ0) is 35.3. The number of carbonyl (C=O) groups excluding carboxylic acids is 2. The average molecular weight is 680 g/mol. The minimum Gasteiger partial charge on any atom is -0.392 e. The molecule has 1 aliphatic heterocycles. The highest BCUT2D eigenvalue weighted by Crippen LogP contribution is 2.39. The standard InChI is InChI=1S/C41H49N3O6/c1-29(32-11-5-3-6-12-32)44(2)27-37-25-38(34-18-16-30(28-45)17-19-34)50-41(49-37)35-22-20-33(21-23-35)36-13-9-10-31(24-36)26-42-39(46)14-7-4-8-15-40(47)43-48/h3,5-6,9-13,16-24,29,37-38,41,45,48H,4,7-8,14-15,25-28H2,1-2H3,(H,42,46)(H,43,47). The Kier molecular flexibility index (Phi) is 13.7. The number of ether oxygens (including phenoxy) is 2. The third-order valence-corrected chi connectivity index (χ3v) is 9.41. The number of aliphatic hydroxyl groups excluding tert-OH is 1. The fourth-order valence-electron chi connectivity index (χ4n) is 6.28. The smallest absolute Gasteiger partial charge is 0.243 e. The predicted octanol–water partition coefficient (Wildman–Crippen LogP) is 7.16. The van der Waals surface area contributed by atoms with E-state index in [9.17, 15) is 14.7 Å². The number of hydrogen-bond donors (Lipinski definition) is 4. The van der Waals surface area contributed by atoms with Gasteiger partial charge in [0.05, 0.1) is 18.8 Å². The van der Waals surface area contributed by atoms with Crippen LogP contribution in [0.15, 0.2) is 103 Å². The lowest BCUT2D eigenvalue weighted by molar-refractivity contribution is -0.253. The molecular formula is C41H49N3O6. The fourth-order valence-corrected chi connectivity index (χ4v) is 6.28. The molecule has 5 rings (SSSR count). The molecule has 0 spiro atoms. The topological polar surface area (TPSA) is 120 Å². The van der Waals surface area contributed by atoms with Crippen molar-refractivity contribution in [3.63, 3.8) is 0 Å². The van der Waals surface area contributed by atoms with Gasteiger partial charge in [-0.25, -0.2) is 5.48 Å². The van der Waals surface area contributed by atoms with Crippen LogP contribution in [0.2, 0.25) is 0 Å². The fraction of sp³-hybridized carbons (Fsp3) is 0.366. The Morgan fingerprint density at radius 1 is 0.800 bits per heavy atom. The van der Waals surface area contributed by atoms with Crippen molar-refractivity contribution < 1.29 is 29.4 Å². The van der Waals surface area contributed by atoms with Gasteiger partial charge in [0.1, 0.15) is 0 Å². The highest BCUT2D eigenvalue weighted by atomic mass is 16.7. The van der Waals surface area contributed by atoms with Crippen molar-refractivity contribution in [2.45, 2.75) is 83.1 Å². The van der Waals surface area contributed by atoms with E-state index in [0.29, 0.717) is 32.2 Å². The first-order valence-corrected chi connectivity index (χ1v) is 17.5. The summed E-state index contributed by atoms with van der Waals surface area (Å²) in [5, 5.41) is 21.1. The first-order chi connectivity index (χ1) is 24.3. The van der Waals surface area contributed by atoms with Crippen molar-refractivity contribution >= 4 is 11.8 Å². The maximum atomic E-state index is 12.4. The molecule has 50 heavy (non-hydrogen) atoms. The van der Waals surface area contributed by atoms with E-state index >= 15 is 0 Å². The number of amides is 2. The quantitative estimate of drug-likeness (QED) is 0.0564. The number of hydrogen-bond acceptors (Lipinski definition) is 7. The molecular weight excluding hydrogens is 630 g/mol. The van der Waals surface area contributed by atoms with Gasteiger partial charge >= 0.3 is 0 Å². The summed E-state index contributed by atoms with van der Waals surface area (Å²) < 4.78 is 13.2. The van der Waals surface area contributed by atoms with Crippen LogP contribution >= 0.6 is 0 Å². The molecule has 0 bridgehead atoms. The third-order valence-electron chi connectivity index (χ3n) is 9.41. The van der Waals surface area contributed by atoms with Gasteiger partial charge in [-0.05, 0) is 66.3 Å². The van der Waals surface area contributed by atoms with Crippen LogP contribution < -0.4 is 10.8 Å². The van der Waals surface area contributed by atoms with Crippen LogP contribution in [0.3, 0.4) is 0 Å². The number of rotatable bonds is 16.